The fraction of sp³-hybridized carbons (Fsp3) is 0.423. The van der Waals surface area contributed by atoms with Gasteiger partial charge >= 0.3 is 0 Å². The average molecular weight is 442 g/mol. The number of nitrogens with zero attached hydrogens (tertiary/aromatic N) is 1. The van der Waals surface area contributed by atoms with Gasteiger partial charge in [0.15, 0.2) is 0 Å². The summed E-state index contributed by atoms with van der Waals surface area (Å²) >= 11 is 0. The first-order valence-electron chi connectivity index (χ1n) is 10.9. The molecular weight excluding hydrogens is 406 g/mol. The lowest BCUT2D eigenvalue weighted by molar-refractivity contribution is 0.150. The Bertz CT molecular complexity index is 851. The van der Waals surface area contributed by atoms with E-state index in [0.717, 1.165) is 46.1 Å². The molecule has 174 valence electrons. The van der Waals surface area contributed by atoms with Crippen molar-refractivity contribution < 1.29 is 23.8 Å². The number of hydrogen-bond donors (Lipinski definition) is 0. The van der Waals surface area contributed by atoms with Crippen molar-refractivity contribution in [3.05, 3.63) is 65.2 Å². The molecule has 0 aromatic heterocycles. The summed E-state index contributed by atoms with van der Waals surface area (Å²) in [5, 5.41) is 3.82. The van der Waals surface area contributed by atoms with Gasteiger partial charge in [-0.3, -0.25) is 0 Å². The summed E-state index contributed by atoms with van der Waals surface area (Å²) in [6.07, 6.45) is 4.75. The highest BCUT2D eigenvalue weighted by atomic mass is 16.6. The predicted molar refractivity (Wildman–Crippen MR) is 128 cm³/mol. The van der Waals surface area contributed by atoms with Crippen molar-refractivity contribution >= 4 is 5.71 Å². The van der Waals surface area contributed by atoms with Gasteiger partial charge in [0.1, 0.15) is 31.0 Å². The fourth-order valence-corrected chi connectivity index (χ4v) is 3.07. The molecule has 6 nitrogen and oxygen atoms in total. The molecule has 0 saturated carbocycles. The van der Waals surface area contributed by atoms with Crippen LogP contribution in [0.3, 0.4) is 0 Å². The van der Waals surface area contributed by atoms with E-state index >= 15 is 0 Å². The van der Waals surface area contributed by atoms with Crippen molar-refractivity contribution in [3.63, 3.8) is 0 Å². The zero-order chi connectivity index (χ0) is 23.2. The molecule has 0 amide bonds. The van der Waals surface area contributed by atoms with Gasteiger partial charge in [-0.05, 0) is 68.7 Å². The molecule has 0 fully saturated rings. The molecule has 0 radical (unpaired) electrons. The molecule has 2 aromatic rings. The van der Waals surface area contributed by atoms with Crippen LogP contribution in [0.1, 0.15) is 37.0 Å². The standard InChI is InChI=1S/C26H35NO5/c1-6-7-13-31-25-16-20(2)26(21(3)17-25)32-15-8-14-30-24-11-9-23(10-12-24)19-29-18-22(4)27-28-5/h6-7,9-12,16-17H,8,13-15,18-19H2,1-5H3/b7-6+,27-22?. The third-order valence-electron chi connectivity index (χ3n) is 4.57. The van der Waals surface area contributed by atoms with E-state index in [0.29, 0.717) is 33.0 Å². The maximum absolute atomic E-state index is 6.00. The molecule has 0 aliphatic heterocycles. The van der Waals surface area contributed by atoms with E-state index in [2.05, 4.69) is 5.16 Å². The van der Waals surface area contributed by atoms with Crippen molar-refractivity contribution in [2.45, 2.75) is 40.7 Å². The van der Waals surface area contributed by atoms with Gasteiger partial charge in [0.05, 0.1) is 32.1 Å². The lowest BCUT2D eigenvalue weighted by Gasteiger charge is -2.14. The minimum atomic E-state index is 0.441. The summed E-state index contributed by atoms with van der Waals surface area (Å²) in [6, 6.07) is 11.9. The summed E-state index contributed by atoms with van der Waals surface area (Å²) in [4.78, 5) is 4.71. The lowest BCUT2D eigenvalue weighted by atomic mass is 10.1. The SMILES string of the molecule is C/C=C/COc1cc(C)c(OCCCOc2ccc(COCC(C)=NOC)cc2)c(C)c1. The second-order valence-electron chi connectivity index (χ2n) is 7.46. The van der Waals surface area contributed by atoms with Gasteiger partial charge in [0.25, 0.3) is 0 Å². The first kappa shape index (κ1) is 25.3. The predicted octanol–water partition coefficient (Wildman–Crippen LogP) is 5.65. The van der Waals surface area contributed by atoms with Gasteiger partial charge in [-0.1, -0.05) is 29.4 Å². The Balaban J connectivity index is 1.70. The minimum Gasteiger partial charge on any atom is -0.493 e. The molecule has 0 bridgehead atoms. The Morgan fingerprint density at radius 1 is 0.938 bits per heavy atom. The Labute approximate surface area is 191 Å². The minimum absolute atomic E-state index is 0.441. The van der Waals surface area contributed by atoms with E-state index in [9.17, 15) is 0 Å². The Hall–Kier alpha value is -2.99. The average Bonchev–Trinajstić information content (AvgIpc) is 2.76. The quantitative estimate of drug-likeness (QED) is 0.164. The Kier molecular flexibility index (Phi) is 11.2. The van der Waals surface area contributed by atoms with Crippen LogP contribution in [0.5, 0.6) is 17.2 Å². The molecule has 0 N–H and O–H groups in total. The normalized spacial score (nSPS) is 11.6. The topological polar surface area (TPSA) is 58.5 Å². The summed E-state index contributed by atoms with van der Waals surface area (Å²) in [5.41, 5.74) is 4.02. The highest BCUT2D eigenvalue weighted by molar-refractivity contribution is 5.82. The first-order valence-corrected chi connectivity index (χ1v) is 10.9. The van der Waals surface area contributed by atoms with Crippen molar-refractivity contribution in [1.82, 2.24) is 0 Å². The smallest absolute Gasteiger partial charge is 0.125 e. The van der Waals surface area contributed by atoms with Crippen LogP contribution in [-0.4, -0.2) is 39.2 Å². The Morgan fingerprint density at radius 3 is 2.28 bits per heavy atom. The fourth-order valence-electron chi connectivity index (χ4n) is 3.07. The number of allylic oxidation sites excluding steroid dienone is 1. The van der Waals surface area contributed by atoms with Gasteiger partial charge in [-0.2, -0.15) is 0 Å². The highest BCUT2D eigenvalue weighted by Gasteiger charge is 2.07. The summed E-state index contributed by atoms with van der Waals surface area (Å²) in [5.74, 6) is 2.61. The maximum atomic E-state index is 6.00. The van der Waals surface area contributed by atoms with Crippen LogP contribution in [0, 0.1) is 13.8 Å². The van der Waals surface area contributed by atoms with Gasteiger partial charge in [0, 0.05) is 6.42 Å². The van der Waals surface area contributed by atoms with Crippen LogP contribution in [0.4, 0.5) is 0 Å². The number of oxime groups is 1. The van der Waals surface area contributed by atoms with E-state index in [-0.39, 0.29) is 0 Å². The molecule has 2 rings (SSSR count). The summed E-state index contributed by atoms with van der Waals surface area (Å²) < 4.78 is 23.2. The molecule has 2 aromatic carbocycles. The number of aryl methyl sites for hydroxylation is 2. The van der Waals surface area contributed by atoms with Crippen LogP contribution in [-0.2, 0) is 16.2 Å². The molecule has 0 unspecified atom stereocenters. The van der Waals surface area contributed by atoms with E-state index in [1.54, 1.807) is 0 Å². The largest absolute Gasteiger partial charge is 0.493 e. The first-order chi connectivity index (χ1) is 15.5. The number of ether oxygens (including phenoxy) is 4. The van der Waals surface area contributed by atoms with Crippen LogP contribution in [0.2, 0.25) is 0 Å². The van der Waals surface area contributed by atoms with Crippen molar-refractivity contribution in [1.29, 1.82) is 0 Å². The van der Waals surface area contributed by atoms with Gasteiger partial charge in [-0.15, -0.1) is 0 Å². The molecule has 0 aliphatic carbocycles. The van der Waals surface area contributed by atoms with Gasteiger partial charge in [-0.25, -0.2) is 0 Å². The van der Waals surface area contributed by atoms with E-state index < -0.39 is 0 Å². The number of benzene rings is 2. The molecule has 32 heavy (non-hydrogen) atoms. The number of hydrogen-bond acceptors (Lipinski definition) is 6. The van der Waals surface area contributed by atoms with Crippen LogP contribution in [0.25, 0.3) is 0 Å². The van der Waals surface area contributed by atoms with E-state index in [1.807, 2.05) is 76.2 Å². The van der Waals surface area contributed by atoms with Crippen molar-refractivity contribution in [2.75, 3.05) is 33.5 Å². The summed E-state index contributed by atoms with van der Waals surface area (Å²) in [7, 11) is 1.52. The van der Waals surface area contributed by atoms with Crippen LogP contribution < -0.4 is 14.2 Å². The zero-order valence-electron chi connectivity index (χ0n) is 19.8. The highest BCUT2D eigenvalue weighted by Crippen LogP contribution is 2.28. The van der Waals surface area contributed by atoms with Gasteiger partial charge < -0.3 is 23.8 Å². The molecule has 0 heterocycles. The maximum Gasteiger partial charge on any atom is 0.125 e. The number of rotatable bonds is 14. The molecule has 0 aliphatic rings. The van der Waals surface area contributed by atoms with Crippen LogP contribution in [0.15, 0.2) is 53.7 Å². The molecule has 6 heteroatoms. The molecule has 0 spiro atoms. The van der Waals surface area contributed by atoms with Crippen molar-refractivity contribution in [2.24, 2.45) is 5.16 Å². The lowest BCUT2D eigenvalue weighted by Crippen LogP contribution is -2.07. The second-order valence-corrected chi connectivity index (χ2v) is 7.46. The summed E-state index contributed by atoms with van der Waals surface area (Å²) in [6.45, 7) is 10.6. The van der Waals surface area contributed by atoms with E-state index in [4.69, 9.17) is 23.8 Å². The van der Waals surface area contributed by atoms with Crippen LogP contribution >= 0.6 is 0 Å². The van der Waals surface area contributed by atoms with Crippen molar-refractivity contribution in [3.8, 4) is 17.2 Å². The van der Waals surface area contributed by atoms with E-state index in [1.165, 1.54) is 7.11 Å². The third kappa shape index (κ3) is 9.02. The molecule has 0 atom stereocenters. The molecule has 0 saturated heterocycles. The third-order valence-corrected chi connectivity index (χ3v) is 4.57. The van der Waals surface area contributed by atoms with Gasteiger partial charge in [0.2, 0.25) is 0 Å². The second kappa shape index (κ2) is 14.1. The zero-order valence-corrected chi connectivity index (χ0v) is 19.8. The molecular formula is C26H35NO5. The Morgan fingerprint density at radius 2 is 1.62 bits per heavy atom. The monoisotopic (exact) mass is 441 g/mol.